The van der Waals surface area contributed by atoms with E-state index in [1.54, 1.807) is 12.1 Å². The molecule has 26 heavy (non-hydrogen) atoms. The Morgan fingerprint density at radius 2 is 1.92 bits per heavy atom. The monoisotopic (exact) mass is 356 g/mol. The van der Waals surface area contributed by atoms with Gasteiger partial charge in [-0.05, 0) is 48.1 Å². The summed E-state index contributed by atoms with van der Waals surface area (Å²) in [5.74, 6) is 0.397. The van der Waals surface area contributed by atoms with Gasteiger partial charge in [-0.3, -0.25) is 4.79 Å². The van der Waals surface area contributed by atoms with E-state index >= 15 is 0 Å². The van der Waals surface area contributed by atoms with E-state index in [0.717, 1.165) is 22.4 Å². The molecule has 1 amide bonds. The lowest BCUT2D eigenvalue weighted by atomic mass is 9.86. The number of carbonyl (C=O) groups is 1. The number of hydrogen-bond acceptors (Lipinski definition) is 4. The van der Waals surface area contributed by atoms with Crippen LogP contribution in [-0.4, -0.2) is 17.6 Å². The van der Waals surface area contributed by atoms with E-state index in [2.05, 4.69) is 5.32 Å². The van der Waals surface area contributed by atoms with Crippen LogP contribution in [0.25, 0.3) is 0 Å². The fourth-order valence-corrected chi connectivity index (χ4v) is 2.72. The average molecular weight is 356 g/mol. The zero-order valence-corrected chi connectivity index (χ0v) is 16.1. The van der Waals surface area contributed by atoms with Crippen LogP contribution in [0.3, 0.4) is 0 Å². The Kier molecular flexibility index (Phi) is 5.80. The van der Waals surface area contributed by atoms with Crippen LogP contribution in [0.5, 0.6) is 11.5 Å². The molecular weight excluding hydrogens is 328 g/mol. The van der Waals surface area contributed by atoms with Gasteiger partial charge in [0.2, 0.25) is 0 Å². The molecule has 0 aliphatic heterocycles. The Bertz CT molecular complexity index is 794. The predicted molar refractivity (Wildman–Crippen MR) is 104 cm³/mol. The summed E-state index contributed by atoms with van der Waals surface area (Å²) in [6.07, 6.45) is 0. The summed E-state index contributed by atoms with van der Waals surface area (Å²) in [5.41, 5.74) is 9.19. The summed E-state index contributed by atoms with van der Waals surface area (Å²) < 4.78 is 5.50. The van der Waals surface area contributed by atoms with Crippen molar-refractivity contribution in [2.45, 2.75) is 46.1 Å². The van der Waals surface area contributed by atoms with Crippen LogP contribution in [0, 0.1) is 6.92 Å². The number of carbonyl (C=O) groups excluding carboxylic acids is 1. The molecule has 0 unspecified atom stereocenters. The number of nitrogens with one attached hydrogen (secondary N) is 1. The summed E-state index contributed by atoms with van der Waals surface area (Å²) in [6.45, 7) is 9.80. The highest BCUT2D eigenvalue weighted by molar-refractivity contribution is 5.78. The number of nitrogen functional groups attached to an aromatic ring is 1. The molecule has 4 N–H and O–H groups in total. The lowest BCUT2D eigenvalue weighted by Gasteiger charge is -2.21. The van der Waals surface area contributed by atoms with Crippen LogP contribution >= 0.6 is 0 Å². The van der Waals surface area contributed by atoms with Gasteiger partial charge < -0.3 is 20.9 Å². The van der Waals surface area contributed by atoms with Gasteiger partial charge >= 0.3 is 0 Å². The fraction of sp³-hybridized carbons (Fsp3) is 0.381. The molecule has 2 aromatic rings. The van der Waals surface area contributed by atoms with Crippen molar-refractivity contribution in [1.82, 2.24) is 5.32 Å². The number of nitrogens with two attached hydrogens (primary N) is 1. The first kappa shape index (κ1) is 19.6. The number of phenols is 1. The number of anilines is 1. The lowest BCUT2D eigenvalue weighted by molar-refractivity contribution is -0.123. The normalized spacial score (nSPS) is 12.5. The molecule has 0 heterocycles. The Morgan fingerprint density at radius 3 is 2.50 bits per heavy atom. The molecule has 0 bridgehead atoms. The van der Waals surface area contributed by atoms with E-state index in [0.29, 0.717) is 5.75 Å². The van der Waals surface area contributed by atoms with Crippen molar-refractivity contribution in [3.05, 3.63) is 53.1 Å². The fourth-order valence-electron chi connectivity index (χ4n) is 2.72. The van der Waals surface area contributed by atoms with Crippen molar-refractivity contribution in [3.63, 3.8) is 0 Å². The second-order valence-corrected chi connectivity index (χ2v) is 7.62. The average Bonchev–Trinajstić information content (AvgIpc) is 2.54. The van der Waals surface area contributed by atoms with Crippen molar-refractivity contribution < 1.29 is 14.6 Å². The maximum absolute atomic E-state index is 12.1. The molecule has 0 aromatic heterocycles. The van der Waals surface area contributed by atoms with Gasteiger partial charge in [-0.25, -0.2) is 0 Å². The molecule has 0 radical (unpaired) electrons. The first-order chi connectivity index (χ1) is 12.1. The summed E-state index contributed by atoms with van der Waals surface area (Å²) in [6, 6.07) is 10.7. The Hall–Kier alpha value is -2.69. The van der Waals surface area contributed by atoms with E-state index in [-0.39, 0.29) is 29.7 Å². The van der Waals surface area contributed by atoms with Crippen molar-refractivity contribution in [1.29, 1.82) is 0 Å². The van der Waals surface area contributed by atoms with Crippen LogP contribution < -0.4 is 15.8 Å². The van der Waals surface area contributed by atoms with Crippen LogP contribution in [0.1, 0.15) is 50.4 Å². The standard InChI is InChI=1S/C21H28N2O3/c1-13-10-15(6-9-18(13)22)14(2)23-20(25)12-26-16-7-8-17(19(24)11-16)21(3,4)5/h6-11,14,24H,12,22H2,1-5H3,(H,23,25)/t14-/m1/s1. The SMILES string of the molecule is Cc1cc([C@@H](C)NC(=O)COc2ccc(C(C)(C)C)c(O)c2)ccc1N. The van der Waals surface area contributed by atoms with Gasteiger partial charge in [-0.2, -0.15) is 0 Å². The number of aromatic hydroxyl groups is 1. The second kappa shape index (κ2) is 7.68. The topological polar surface area (TPSA) is 84.6 Å². The van der Waals surface area contributed by atoms with Crippen LogP contribution in [0.15, 0.2) is 36.4 Å². The minimum atomic E-state index is -0.230. The molecule has 140 valence electrons. The van der Waals surface area contributed by atoms with Gasteiger partial charge in [-0.1, -0.05) is 39.0 Å². The van der Waals surface area contributed by atoms with Gasteiger partial charge in [0.15, 0.2) is 6.61 Å². The van der Waals surface area contributed by atoms with Crippen molar-refractivity contribution >= 4 is 11.6 Å². The van der Waals surface area contributed by atoms with Gasteiger partial charge in [0.25, 0.3) is 5.91 Å². The number of ether oxygens (including phenoxy) is 1. The van der Waals surface area contributed by atoms with Gasteiger partial charge in [0, 0.05) is 11.8 Å². The Morgan fingerprint density at radius 1 is 1.23 bits per heavy atom. The van der Waals surface area contributed by atoms with E-state index in [1.165, 1.54) is 0 Å². The molecule has 5 nitrogen and oxygen atoms in total. The third-order valence-electron chi connectivity index (χ3n) is 4.32. The first-order valence-corrected chi connectivity index (χ1v) is 8.69. The molecule has 2 rings (SSSR count). The largest absolute Gasteiger partial charge is 0.508 e. The highest BCUT2D eigenvalue weighted by atomic mass is 16.5. The van der Waals surface area contributed by atoms with Gasteiger partial charge in [0.1, 0.15) is 11.5 Å². The van der Waals surface area contributed by atoms with Crippen LogP contribution in [0.2, 0.25) is 0 Å². The van der Waals surface area contributed by atoms with Crippen molar-refractivity contribution in [3.8, 4) is 11.5 Å². The van der Waals surface area contributed by atoms with E-state index < -0.39 is 0 Å². The zero-order valence-electron chi connectivity index (χ0n) is 16.1. The lowest BCUT2D eigenvalue weighted by Crippen LogP contribution is -2.31. The molecule has 0 saturated carbocycles. The summed E-state index contributed by atoms with van der Waals surface area (Å²) in [5, 5.41) is 13.0. The minimum Gasteiger partial charge on any atom is -0.508 e. The van der Waals surface area contributed by atoms with Gasteiger partial charge in [-0.15, -0.1) is 0 Å². The number of phenolic OH excluding ortho intramolecular Hbond substituents is 1. The maximum Gasteiger partial charge on any atom is 0.258 e. The molecule has 0 aliphatic carbocycles. The molecule has 5 heteroatoms. The number of aryl methyl sites for hydroxylation is 1. The summed E-state index contributed by atoms with van der Waals surface area (Å²) in [7, 11) is 0. The van der Waals surface area contributed by atoms with E-state index in [9.17, 15) is 9.90 Å². The smallest absolute Gasteiger partial charge is 0.258 e. The molecule has 0 spiro atoms. The third kappa shape index (κ3) is 4.91. The number of benzene rings is 2. The zero-order chi connectivity index (χ0) is 19.5. The Labute approximate surface area is 155 Å². The summed E-state index contributed by atoms with van der Waals surface area (Å²) >= 11 is 0. The van der Waals surface area contributed by atoms with Crippen molar-refractivity contribution in [2.75, 3.05) is 12.3 Å². The Balaban J connectivity index is 1.94. The second-order valence-electron chi connectivity index (χ2n) is 7.62. The summed E-state index contributed by atoms with van der Waals surface area (Å²) in [4.78, 5) is 12.1. The minimum absolute atomic E-state index is 0.118. The predicted octanol–water partition coefficient (Wildman–Crippen LogP) is 3.84. The number of hydrogen-bond donors (Lipinski definition) is 3. The van der Waals surface area contributed by atoms with Crippen molar-refractivity contribution in [2.24, 2.45) is 0 Å². The first-order valence-electron chi connectivity index (χ1n) is 8.69. The molecule has 0 aliphatic rings. The maximum atomic E-state index is 12.1. The number of amides is 1. The number of rotatable bonds is 5. The highest BCUT2D eigenvalue weighted by Crippen LogP contribution is 2.33. The molecular formula is C21H28N2O3. The molecule has 0 saturated heterocycles. The van der Waals surface area contributed by atoms with E-state index in [1.807, 2.05) is 58.9 Å². The highest BCUT2D eigenvalue weighted by Gasteiger charge is 2.18. The van der Waals surface area contributed by atoms with Gasteiger partial charge in [0.05, 0.1) is 6.04 Å². The molecule has 0 fully saturated rings. The van der Waals surface area contributed by atoms with Crippen LogP contribution in [0.4, 0.5) is 5.69 Å². The van der Waals surface area contributed by atoms with Crippen LogP contribution in [-0.2, 0) is 10.2 Å². The quantitative estimate of drug-likeness (QED) is 0.711. The third-order valence-corrected chi connectivity index (χ3v) is 4.32. The molecule has 1 atom stereocenters. The van der Waals surface area contributed by atoms with E-state index in [4.69, 9.17) is 10.5 Å². The molecule has 2 aromatic carbocycles.